The van der Waals surface area contributed by atoms with E-state index in [1.165, 1.54) is 32.1 Å². The van der Waals surface area contributed by atoms with Crippen LogP contribution >= 0.6 is 0 Å². The number of hydrogen-bond donors (Lipinski definition) is 2. The quantitative estimate of drug-likeness (QED) is 0.814. The van der Waals surface area contributed by atoms with Gasteiger partial charge < -0.3 is 10.6 Å². The van der Waals surface area contributed by atoms with Crippen molar-refractivity contribution in [2.75, 3.05) is 0 Å². The summed E-state index contributed by atoms with van der Waals surface area (Å²) in [5, 5.41) is 5.67. The van der Waals surface area contributed by atoms with E-state index in [0.29, 0.717) is 12.3 Å². The second-order valence-electron chi connectivity index (χ2n) is 7.07. The van der Waals surface area contributed by atoms with Gasteiger partial charge in [0.15, 0.2) is 0 Å². The Balaban J connectivity index is 2.25. The van der Waals surface area contributed by atoms with Crippen molar-refractivity contribution in [1.82, 2.24) is 10.6 Å². The van der Waals surface area contributed by atoms with Crippen molar-refractivity contribution in [2.24, 2.45) is 5.92 Å². The highest BCUT2D eigenvalue weighted by molar-refractivity contribution is 5.87. The zero-order valence-electron chi connectivity index (χ0n) is 13.4. The molecule has 1 atom stereocenters. The minimum Gasteiger partial charge on any atom is -0.350 e. The van der Waals surface area contributed by atoms with Crippen molar-refractivity contribution in [3.05, 3.63) is 0 Å². The molecule has 0 aliphatic heterocycles. The number of carbonyl (C=O) groups excluding carboxylic acids is 2. The van der Waals surface area contributed by atoms with Crippen molar-refractivity contribution >= 4 is 11.8 Å². The van der Waals surface area contributed by atoms with Gasteiger partial charge in [0.05, 0.1) is 0 Å². The number of carbonyl (C=O) groups is 2. The summed E-state index contributed by atoms with van der Waals surface area (Å²) in [6.45, 7) is 7.53. The Hall–Kier alpha value is -1.06. The summed E-state index contributed by atoms with van der Waals surface area (Å²) in [7, 11) is 0. The van der Waals surface area contributed by atoms with E-state index in [1.54, 1.807) is 6.92 Å². The van der Waals surface area contributed by atoms with Crippen LogP contribution in [0, 0.1) is 5.92 Å². The van der Waals surface area contributed by atoms with Crippen molar-refractivity contribution < 1.29 is 9.59 Å². The zero-order valence-corrected chi connectivity index (χ0v) is 13.4. The molecule has 0 spiro atoms. The summed E-state index contributed by atoms with van der Waals surface area (Å²) < 4.78 is 0. The van der Waals surface area contributed by atoms with Gasteiger partial charge in [-0.1, -0.05) is 32.1 Å². The van der Waals surface area contributed by atoms with E-state index in [2.05, 4.69) is 10.6 Å². The fourth-order valence-electron chi connectivity index (χ4n) is 2.67. The van der Waals surface area contributed by atoms with Gasteiger partial charge in [0.25, 0.3) is 0 Å². The van der Waals surface area contributed by atoms with Gasteiger partial charge in [-0.05, 0) is 40.0 Å². The Kier molecular flexibility index (Phi) is 6.50. The highest BCUT2D eigenvalue weighted by atomic mass is 16.2. The Morgan fingerprint density at radius 1 is 1.15 bits per heavy atom. The molecule has 0 aromatic heterocycles. The van der Waals surface area contributed by atoms with E-state index < -0.39 is 6.04 Å². The number of nitrogens with one attached hydrogen (secondary N) is 2. The van der Waals surface area contributed by atoms with Crippen LogP contribution in [0.1, 0.15) is 72.6 Å². The Labute approximate surface area is 123 Å². The summed E-state index contributed by atoms with van der Waals surface area (Å²) >= 11 is 0. The molecule has 1 aliphatic rings. The summed E-state index contributed by atoms with van der Waals surface area (Å²) in [6, 6.07) is -0.465. The SMILES string of the molecule is C[C@H](NC(=O)CCC1CCCCC1)C(=O)NC(C)(C)C. The van der Waals surface area contributed by atoms with Crippen LogP contribution in [0.25, 0.3) is 0 Å². The lowest BCUT2D eigenvalue weighted by Crippen LogP contribution is -2.50. The third-order valence-electron chi connectivity index (χ3n) is 3.77. The third kappa shape index (κ3) is 6.92. The van der Waals surface area contributed by atoms with Gasteiger partial charge in [-0.25, -0.2) is 0 Å². The molecular weight excluding hydrogens is 252 g/mol. The molecule has 0 bridgehead atoms. The molecule has 0 radical (unpaired) electrons. The molecule has 0 heterocycles. The van der Waals surface area contributed by atoms with E-state index in [9.17, 15) is 9.59 Å². The molecule has 0 unspecified atom stereocenters. The summed E-state index contributed by atoms with van der Waals surface area (Å²) in [5.41, 5.74) is -0.266. The van der Waals surface area contributed by atoms with Gasteiger partial charge in [0, 0.05) is 12.0 Å². The van der Waals surface area contributed by atoms with Crippen molar-refractivity contribution in [1.29, 1.82) is 0 Å². The van der Waals surface area contributed by atoms with Gasteiger partial charge in [-0.3, -0.25) is 9.59 Å². The molecule has 1 fully saturated rings. The molecule has 1 rings (SSSR count). The average Bonchev–Trinajstić information content (AvgIpc) is 2.35. The standard InChI is InChI=1S/C16H30N2O2/c1-12(15(20)18-16(2,3)4)17-14(19)11-10-13-8-6-5-7-9-13/h12-13H,5-11H2,1-4H3,(H,17,19)(H,18,20)/t12-/m0/s1. The minimum atomic E-state index is -0.465. The van der Waals surface area contributed by atoms with Crippen LogP contribution in [0.2, 0.25) is 0 Å². The Morgan fingerprint density at radius 2 is 1.75 bits per heavy atom. The fourth-order valence-corrected chi connectivity index (χ4v) is 2.67. The van der Waals surface area contributed by atoms with Crippen molar-refractivity contribution in [3.63, 3.8) is 0 Å². The molecule has 0 saturated heterocycles. The number of amides is 2. The van der Waals surface area contributed by atoms with Gasteiger partial charge >= 0.3 is 0 Å². The van der Waals surface area contributed by atoms with E-state index in [-0.39, 0.29) is 17.4 Å². The number of rotatable bonds is 5. The monoisotopic (exact) mass is 282 g/mol. The second kappa shape index (κ2) is 7.65. The lowest BCUT2D eigenvalue weighted by atomic mass is 9.86. The van der Waals surface area contributed by atoms with Gasteiger partial charge in [-0.2, -0.15) is 0 Å². The molecule has 1 aliphatic carbocycles. The van der Waals surface area contributed by atoms with Gasteiger partial charge in [0.1, 0.15) is 6.04 Å². The van der Waals surface area contributed by atoms with Crippen molar-refractivity contribution in [2.45, 2.75) is 84.2 Å². The van der Waals surface area contributed by atoms with Crippen molar-refractivity contribution in [3.8, 4) is 0 Å². The second-order valence-corrected chi connectivity index (χ2v) is 7.07. The zero-order chi connectivity index (χ0) is 15.2. The predicted molar refractivity (Wildman–Crippen MR) is 81.3 cm³/mol. The molecule has 0 aromatic rings. The first kappa shape index (κ1) is 17.0. The maximum absolute atomic E-state index is 11.9. The smallest absolute Gasteiger partial charge is 0.242 e. The molecule has 2 N–H and O–H groups in total. The van der Waals surface area contributed by atoms with Gasteiger partial charge in [-0.15, -0.1) is 0 Å². The lowest BCUT2D eigenvalue weighted by Gasteiger charge is -2.24. The van der Waals surface area contributed by atoms with Crippen LogP contribution in [0.4, 0.5) is 0 Å². The normalized spacial score (nSPS) is 18.4. The molecule has 2 amide bonds. The first-order valence-electron chi connectivity index (χ1n) is 7.89. The minimum absolute atomic E-state index is 0.00728. The van der Waals surface area contributed by atoms with Crippen LogP contribution in [0.15, 0.2) is 0 Å². The largest absolute Gasteiger partial charge is 0.350 e. The summed E-state index contributed by atoms with van der Waals surface area (Å²) in [5.74, 6) is 0.573. The fraction of sp³-hybridized carbons (Fsp3) is 0.875. The first-order chi connectivity index (χ1) is 9.28. The van der Waals surface area contributed by atoms with Crippen LogP contribution in [0.3, 0.4) is 0 Å². The number of hydrogen-bond acceptors (Lipinski definition) is 2. The molecule has 1 saturated carbocycles. The highest BCUT2D eigenvalue weighted by Gasteiger charge is 2.21. The maximum atomic E-state index is 11.9. The Morgan fingerprint density at radius 3 is 2.30 bits per heavy atom. The average molecular weight is 282 g/mol. The van der Waals surface area contributed by atoms with E-state index in [4.69, 9.17) is 0 Å². The first-order valence-corrected chi connectivity index (χ1v) is 7.89. The lowest BCUT2D eigenvalue weighted by molar-refractivity contribution is -0.129. The van der Waals surface area contributed by atoms with Crippen LogP contribution in [-0.4, -0.2) is 23.4 Å². The molecule has 4 heteroatoms. The van der Waals surface area contributed by atoms with Crippen LogP contribution in [-0.2, 0) is 9.59 Å². The summed E-state index contributed by atoms with van der Waals surface area (Å²) in [4.78, 5) is 23.7. The molecule has 116 valence electrons. The van der Waals surface area contributed by atoms with Crippen LogP contribution < -0.4 is 10.6 Å². The summed E-state index contributed by atoms with van der Waals surface area (Å²) in [6.07, 6.45) is 7.96. The van der Waals surface area contributed by atoms with E-state index in [1.807, 2.05) is 20.8 Å². The third-order valence-corrected chi connectivity index (χ3v) is 3.77. The van der Waals surface area contributed by atoms with Gasteiger partial charge in [0.2, 0.25) is 11.8 Å². The molecular formula is C16H30N2O2. The topological polar surface area (TPSA) is 58.2 Å². The van der Waals surface area contributed by atoms with E-state index in [0.717, 1.165) is 6.42 Å². The Bertz CT molecular complexity index is 328. The van der Waals surface area contributed by atoms with E-state index >= 15 is 0 Å². The maximum Gasteiger partial charge on any atom is 0.242 e. The molecule has 20 heavy (non-hydrogen) atoms. The molecule has 0 aromatic carbocycles. The highest BCUT2D eigenvalue weighted by Crippen LogP contribution is 2.27. The predicted octanol–water partition coefficient (Wildman–Crippen LogP) is 2.77. The molecule has 4 nitrogen and oxygen atoms in total. The van der Waals surface area contributed by atoms with Crippen LogP contribution in [0.5, 0.6) is 0 Å².